The van der Waals surface area contributed by atoms with Crippen LogP contribution in [-0.4, -0.2) is 15.9 Å². The lowest BCUT2D eigenvalue weighted by atomic mass is 10.2. The molecular formula is C18H14Cl2N4O. The van der Waals surface area contributed by atoms with Gasteiger partial charge in [-0.2, -0.15) is 0 Å². The zero-order valence-corrected chi connectivity index (χ0v) is 14.6. The van der Waals surface area contributed by atoms with Crippen molar-refractivity contribution in [3.63, 3.8) is 0 Å². The average Bonchev–Trinajstić information content (AvgIpc) is 2.64. The first-order chi connectivity index (χ1) is 12.1. The molecule has 0 fully saturated rings. The van der Waals surface area contributed by atoms with Crippen LogP contribution in [0.25, 0.3) is 0 Å². The predicted octanol–water partition coefficient (Wildman–Crippen LogP) is 4.46. The van der Waals surface area contributed by atoms with Crippen LogP contribution in [0.15, 0.2) is 61.1 Å². The van der Waals surface area contributed by atoms with E-state index in [0.717, 1.165) is 11.3 Å². The number of nitrogens with one attached hydrogen (secondary N) is 2. The lowest BCUT2D eigenvalue weighted by molar-refractivity contribution is 0.0951. The van der Waals surface area contributed by atoms with E-state index < -0.39 is 0 Å². The topological polar surface area (TPSA) is 66.9 Å². The van der Waals surface area contributed by atoms with Gasteiger partial charge in [-0.1, -0.05) is 29.3 Å². The van der Waals surface area contributed by atoms with Gasteiger partial charge in [0.05, 0.1) is 10.0 Å². The summed E-state index contributed by atoms with van der Waals surface area (Å²) >= 11 is 11.9. The highest BCUT2D eigenvalue weighted by atomic mass is 35.5. The Bertz CT molecular complexity index is 887. The first kappa shape index (κ1) is 17.2. The number of amides is 1. The third-order valence-corrected chi connectivity index (χ3v) is 4.13. The molecule has 7 heteroatoms. The lowest BCUT2D eigenvalue weighted by Crippen LogP contribution is -2.23. The van der Waals surface area contributed by atoms with Crippen LogP contribution in [0, 0.1) is 0 Å². The molecule has 25 heavy (non-hydrogen) atoms. The van der Waals surface area contributed by atoms with Gasteiger partial charge in [0.25, 0.3) is 5.91 Å². The fourth-order valence-corrected chi connectivity index (χ4v) is 2.45. The number of anilines is 2. The second kappa shape index (κ2) is 7.96. The quantitative estimate of drug-likeness (QED) is 0.693. The van der Waals surface area contributed by atoms with Crippen molar-refractivity contribution in [3.05, 3.63) is 82.2 Å². The number of hydrogen-bond donors (Lipinski definition) is 2. The van der Waals surface area contributed by atoms with Crippen molar-refractivity contribution in [2.75, 3.05) is 5.32 Å². The Labute approximate surface area is 155 Å². The maximum atomic E-state index is 12.3. The average molecular weight is 373 g/mol. The summed E-state index contributed by atoms with van der Waals surface area (Å²) in [5, 5.41) is 6.86. The predicted molar refractivity (Wildman–Crippen MR) is 99.4 cm³/mol. The third-order valence-electron chi connectivity index (χ3n) is 3.39. The number of hydrogen-bond acceptors (Lipinski definition) is 4. The molecule has 0 atom stereocenters. The molecule has 126 valence electrons. The van der Waals surface area contributed by atoms with Crippen molar-refractivity contribution >= 4 is 40.6 Å². The molecule has 2 heterocycles. The number of aromatic nitrogens is 2. The Balaban J connectivity index is 1.68. The van der Waals surface area contributed by atoms with Crippen molar-refractivity contribution < 1.29 is 4.79 Å². The summed E-state index contributed by atoms with van der Waals surface area (Å²) in [6.07, 6.45) is 4.97. The highest BCUT2D eigenvalue weighted by Crippen LogP contribution is 2.26. The minimum atomic E-state index is -0.191. The van der Waals surface area contributed by atoms with Crippen molar-refractivity contribution in [3.8, 4) is 0 Å². The number of benzene rings is 1. The SMILES string of the molecule is O=C(NCc1cccnc1)c1ccnc(Nc2ccc(Cl)c(Cl)c2)c1. The molecule has 5 nitrogen and oxygen atoms in total. The summed E-state index contributed by atoms with van der Waals surface area (Å²) < 4.78 is 0. The van der Waals surface area contributed by atoms with E-state index in [1.54, 1.807) is 48.9 Å². The molecule has 0 saturated carbocycles. The molecule has 1 amide bonds. The van der Waals surface area contributed by atoms with E-state index in [9.17, 15) is 4.79 Å². The minimum Gasteiger partial charge on any atom is -0.348 e. The van der Waals surface area contributed by atoms with E-state index in [0.29, 0.717) is 28.0 Å². The fraction of sp³-hybridized carbons (Fsp3) is 0.0556. The van der Waals surface area contributed by atoms with E-state index in [1.807, 2.05) is 12.1 Å². The van der Waals surface area contributed by atoms with Gasteiger partial charge in [0, 0.05) is 36.4 Å². The summed E-state index contributed by atoms with van der Waals surface area (Å²) in [6, 6.07) is 12.2. The molecule has 0 radical (unpaired) electrons. The molecule has 3 aromatic rings. The van der Waals surface area contributed by atoms with Gasteiger partial charge < -0.3 is 10.6 Å². The van der Waals surface area contributed by atoms with Gasteiger partial charge in [-0.15, -0.1) is 0 Å². The number of rotatable bonds is 5. The van der Waals surface area contributed by atoms with E-state index in [-0.39, 0.29) is 5.91 Å². The van der Waals surface area contributed by atoms with Gasteiger partial charge in [0.15, 0.2) is 0 Å². The van der Waals surface area contributed by atoms with E-state index >= 15 is 0 Å². The summed E-state index contributed by atoms with van der Waals surface area (Å²) in [6.45, 7) is 0.407. The maximum Gasteiger partial charge on any atom is 0.251 e. The molecule has 0 saturated heterocycles. The zero-order valence-electron chi connectivity index (χ0n) is 13.0. The Hall–Kier alpha value is -2.63. The van der Waals surface area contributed by atoms with Crippen LogP contribution in [0.2, 0.25) is 10.0 Å². The van der Waals surface area contributed by atoms with Gasteiger partial charge >= 0.3 is 0 Å². The molecule has 0 unspecified atom stereocenters. The Morgan fingerprint density at radius 3 is 2.68 bits per heavy atom. The molecule has 0 aliphatic rings. The number of pyridine rings is 2. The Morgan fingerprint density at radius 1 is 1.04 bits per heavy atom. The van der Waals surface area contributed by atoms with Gasteiger partial charge in [-0.25, -0.2) is 4.98 Å². The highest BCUT2D eigenvalue weighted by molar-refractivity contribution is 6.42. The van der Waals surface area contributed by atoms with Crippen molar-refractivity contribution in [2.24, 2.45) is 0 Å². The fourth-order valence-electron chi connectivity index (χ4n) is 2.15. The summed E-state index contributed by atoms with van der Waals surface area (Å²) in [7, 11) is 0. The first-order valence-electron chi connectivity index (χ1n) is 7.47. The van der Waals surface area contributed by atoms with Crippen LogP contribution in [0.3, 0.4) is 0 Å². The molecule has 0 aliphatic carbocycles. The number of nitrogens with zero attached hydrogens (tertiary/aromatic N) is 2. The van der Waals surface area contributed by atoms with Crippen LogP contribution in [0.1, 0.15) is 15.9 Å². The minimum absolute atomic E-state index is 0.191. The molecule has 3 rings (SSSR count). The second-order valence-electron chi connectivity index (χ2n) is 5.23. The molecule has 2 N–H and O–H groups in total. The Kier molecular flexibility index (Phi) is 5.48. The molecule has 0 spiro atoms. The van der Waals surface area contributed by atoms with Gasteiger partial charge in [0.1, 0.15) is 5.82 Å². The lowest BCUT2D eigenvalue weighted by Gasteiger charge is -2.09. The van der Waals surface area contributed by atoms with E-state index in [2.05, 4.69) is 20.6 Å². The number of carbonyl (C=O) groups excluding carboxylic acids is 1. The molecular weight excluding hydrogens is 359 g/mol. The van der Waals surface area contributed by atoms with Crippen LogP contribution >= 0.6 is 23.2 Å². The smallest absolute Gasteiger partial charge is 0.251 e. The summed E-state index contributed by atoms with van der Waals surface area (Å²) in [5.41, 5.74) is 2.16. The van der Waals surface area contributed by atoms with Gasteiger partial charge in [0.2, 0.25) is 0 Å². The molecule has 2 aromatic heterocycles. The van der Waals surface area contributed by atoms with E-state index in [1.165, 1.54) is 0 Å². The van der Waals surface area contributed by atoms with E-state index in [4.69, 9.17) is 23.2 Å². The third kappa shape index (κ3) is 4.68. The zero-order chi connectivity index (χ0) is 17.6. The van der Waals surface area contributed by atoms with Crippen molar-refractivity contribution in [2.45, 2.75) is 6.54 Å². The monoisotopic (exact) mass is 372 g/mol. The first-order valence-corrected chi connectivity index (χ1v) is 8.22. The van der Waals surface area contributed by atoms with Gasteiger partial charge in [-0.05, 0) is 42.0 Å². The molecule has 0 bridgehead atoms. The highest BCUT2D eigenvalue weighted by Gasteiger charge is 2.08. The number of carbonyl (C=O) groups is 1. The second-order valence-corrected chi connectivity index (χ2v) is 6.04. The van der Waals surface area contributed by atoms with Crippen LogP contribution in [-0.2, 0) is 6.54 Å². The Morgan fingerprint density at radius 2 is 1.92 bits per heavy atom. The maximum absolute atomic E-state index is 12.3. The largest absolute Gasteiger partial charge is 0.348 e. The molecule has 1 aromatic carbocycles. The van der Waals surface area contributed by atoms with Crippen LogP contribution in [0.4, 0.5) is 11.5 Å². The van der Waals surface area contributed by atoms with Crippen LogP contribution < -0.4 is 10.6 Å². The summed E-state index contributed by atoms with van der Waals surface area (Å²) in [5.74, 6) is 0.343. The standard InChI is InChI=1S/C18H14Cl2N4O/c19-15-4-3-14(9-16(15)20)24-17-8-13(5-7-22-17)18(25)23-11-12-2-1-6-21-10-12/h1-10H,11H2,(H,22,24)(H,23,25). The number of halogens is 2. The van der Waals surface area contributed by atoms with Crippen LogP contribution in [0.5, 0.6) is 0 Å². The normalized spacial score (nSPS) is 10.3. The summed E-state index contributed by atoms with van der Waals surface area (Å²) in [4.78, 5) is 20.5. The van der Waals surface area contributed by atoms with Gasteiger partial charge in [-0.3, -0.25) is 9.78 Å². The molecule has 0 aliphatic heterocycles. The van der Waals surface area contributed by atoms with Crippen molar-refractivity contribution in [1.82, 2.24) is 15.3 Å². The van der Waals surface area contributed by atoms with Crippen molar-refractivity contribution in [1.29, 1.82) is 0 Å².